The van der Waals surface area contributed by atoms with Crippen molar-refractivity contribution in [3.63, 3.8) is 0 Å². The van der Waals surface area contributed by atoms with E-state index >= 15 is 0 Å². The molecule has 2 aromatic rings. The molecule has 40 heavy (non-hydrogen) atoms. The molecule has 10 heteroatoms. The summed E-state index contributed by atoms with van der Waals surface area (Å²) in [5.74, 6) is 2.19. The van der Waals surface area contributed by atoms with E-state index in [1.54, 1.807) is 65.1 Å². The van der Waals surface area contributed by atoms with Gasteiger partial charge in [-0.15, -0.1) is 0 Å². The number of methoxy groups -OCH3 is 4. The lowest BCUT2D eigenvalue weighted by molar-refractivity contribution is 0.336. The van der Waals surface area contributed by atoms with Gasteiger partial charge < -0.3 is 39.8 Å². The van der Waals surface area contributed by atoms with Crippen LogP contribution in [0.15, 0.2) is 34.3 Å². The van der Waals surface area contributed by atoms with Crippen LogP contribution in [0.1, 0.15) is 38.8 Å². The second-order valence-electron chi connectivity index (χ2n) is 11.1. The van der Waals surface area contributed by atoms with Gasteiger partial charge in [0.2, 0.25) is 0 Å². The Labute approximate surface area is 238 Å². The predicted molar refractivity (Wildman–Crippen MR) is 161 cm³/mol. The zero-order valence-electron chi connectivity index (χ0n) is 25.1. The summed E-state index contributed by atoms with van der Waals surface area (Å²) in [6.07, 6.45) is 3.29. The van der Waals surface area contributed by atoms with E-state index in [0.29, 0.717) is 47.2 Å². The Bertz CT molecular complexity index is 1060. The number of aromatic hydroxyl groups is 2. The monoisotopic (exact) mass is 558 g/mol. The van der Waals surface area contributed by atoms with Crippen LogP contribution < -0.4 is 29.6 Å². The number of ether oxygens (including phenoxy) is 4. The topological polar surface area (TPSA) is 126 Å². The van der Waals surface area contributed by atoms with Crippen molar-refractivity contribution in [2.24, 2.45) is 20.8 Å². The molecule has 0 bridgehead atoms. The van der Waals surface area contributed by atoms with Crippen LogP contribution in [-0.2, 0) is 0 Å². The van der Waals surface area contributed by atoms with Crippen molar-refractivity contribution >= 4 is 12.4 Å². The number of hydrogen-bond donors (Lipinski definition) is 4. The highest BCUT2D eigenvalue weighted by molar-refractivity contribution is 5.88. The van der Waals surface area contributed by atoms with Crippen molar-refractivity contribution in [1.29, 1.82) is 0 Å². The summed E-state index contributed by atoms with van der Waals surface area (Å²) in [5, 5.41) is 27.6. The quantitative estimate of drug-likeness (QED) is 0.170. The molecule has 0 saturated carbocycles. The first-order valence-corrected chi connectivity index (χ1v) is 13.3. The highest BCUT2D eigenvalue weighted by atomic mass is 16.5. The number of phenolic OH excluding ortho intramolecular Hbond substituents is 2. The summed E-state index contributed by atoms with van der Waals surface area (Å²) in [4.78, 5) is 9.11. The van der Waals surface area contributed by atoms with Crippen molar-refractivity contribution in [1.82, 2.24) is 10.6 Å². The van der Waals surface area contributed by atoms with Crippen LogP contribution in [-0.4, -0.2) is 90.3 Å². The lowest BCUT2D eigenvalue weighted by Gasteiger charge is -2.25. The molecular formula is C30H46N4O6. The van der Waals surface area contributed by atoms with Crippen LogP contribution in [0.2, 0.25) is 0 Å². The molecule has 0 radical (unpaired) electrons. The van der Waals surface area contributed by atoms with E-state index in [-0.39, 0.29) is 22.3 Å². The second-order valence-corrected chi connectivity index (χ2v) is 11.1. The molecule has 0 aliphatic carbocycles. The third kappa shape index (κ3) is 10.2. The van der Waals surface area contributed by atoms with Crippen LogP contribution in [0.25, 0.3) is 0 Å². The number of nitrogens with zero attached hydrogens (tertiary/aromatic N) is 2. The first-order valence-electron chi connectivity index (χ1n) is 13.3. The van der Waals surface area contributed by atoms with Crippen molar-refractivity contribution in [3.8, 4) is 34.5 Å². The molecule has 0 heterocycles. The third-order valence-electron chi connectivity index (χ3n) is 6.26. The first kappa shape index (κ1) is 32.7. The molecule has 2 rings (SSSR count). The number of nitrogens with one attached hydrogen (secondary N) is 2. The van der Waals surface area contributed by atoms with Gasteiger partial charge in [0.05, 0.1) is 39.6 Å². The summed E-state index contributed by atoms with van der Waals surface area (Å²) in [7, 11) is 6.18. The molecule has 0 saturated heterocycles. The molecule has 0 unspecified atom stereocenters. The Balaban J connectivity index is 1.75. The normalized spacial score (nSPS) is 12.3. The Morgan fingerprint density at radius 3 is 1.35 bits per heavy atom. The largest absolute Gasteiger partial charge is 0.507 e. The second kappa shape index (κ2) is 15.3. The minimum Gasteiger partial charge on any atom is -0.507 e. The van der Waals surface area contributed by atoms with Crippen molar-refractivity contribution in [2.45, 2.75) is 27.7 Å². The van der Waals surface area contributed by atoms with Gasteiger partial charge in [0.15, 0.2) is 0 Å². The van der Waals surface area contributed by atoms with Gasteiger partial charge in [0, 0.05) is 76.0 Å². The minimum absolute atomic E-state index is 0.0641. The summed E-state index contributed by atoms with van der Waals surface area (Å²) in [5.41, 5.74) is 0.910. The zero-order chi connectivity index (χ0) is 29.8. The van der Waals surface area contributed by atoms with Gasteiger partial charge >= 0.3 is 0 Å². The fourth-order valence-electron chi connectivity index (χ4n) is 3.92. The minimum atomic E-state index is -0.0755. The van der Waals surface area contributed by atoms with Crippen molar-refractivity contribution in [3.05, 3.63) is 35.4 Å². The van der Waals surface area contributed by atoms with Crippen LogP contribution in [0, 0.1) is 10.8 Å². The van der Waals surface area contributed by atoms with Crippen molar-refractivity contribution < 1.29 is 29.2 Å². The molecule has 4 N–H and O–H groups in total. The van der Waals surface area contributed by atoms with E-state index in [1.165, 1.54) is 0 Å². The Morgan fingerprint density at radius 2 is 1.02 bits per heavy atom. The van der Waals surface area contributed by atoms with E-state index in [9.17, 15) is 10.2 Å². The lowest BCUT2D eigenvalue weighted by Crippen LogP contribution is -2.39. The standard InChI is InChI=1S/C30H46N4O6/c1-29(2,19-33-15-23-25(35)11-21(37-5)13-27(23)39-7)17-31-9-10-32-18-30(3,4)20-34-16-24-26(36)12-22(38-6)14-28(24)40-8/h11-16,31-32,35-36H,9-10,17-20H2,1-8H3. The van der Waals surface area contributed by atoms with Gasteiger partial charge in [0.1, 0.15) is 34.5 Å². The SMILES string of the molecule is COc1cc(O)c(C=NCC(C)(C)CNCCNCC(C)(C)CN=Cc2c(O)cc(OC)cc2OC)c(OC)c1. The van der Waals surface area contributed by atoms with Gasteiger partial charge in [-0.2, -0.15) is 0 Å². The number of hydrogen-bond acceptors (Lipinski definition) is 10. The predicted octanol–water partition coefficient (Wildman–Crippen LogP) is 3.90. The number of aliphatic imine (C=N–C) groups is 2. The molecule has 0 spiro atoms. The Morgan fingerprint density at radius 1 is 0.650 bits per heavy atom. The molecule has 222 valence electrons. The van der Waals surface area contributed by atoms with Crippen molar-refractivity contribution in [2.75, 3.05) is 67.7 Å². The molecule has 10 nitrogen and oxygen atoms in total. The highest BCUT2D eigenvalue weighted by Crippen LogP contribution is 2.33. The zero-order valence-corrected chi connectivity index (χ0v) is 25.1. The van der Waals surface area contributed by atoms with Gasteiger partial charge in [0.25, 0.3) is 0 Å². The number of phenols is 2. The molecule has 0 fully saturated rings. The molecule has 2 aromatic carbocycles. The van der Waals surface area contributed by atoms with E-state index < -0.39 is 0 Å². The van der Waals surface area contributed by atoms with Crippen LogP contribution in [0.3, 0.4) is 0 Å². The Hall–Kier alpha value is -3.50. The van der Waals surface area contributed by atoms with Crippen LogP contribution in [0.4, 0.5) is 0 Å². The van der Waals surface area contributed by atoms with Gasteiger partial charge in [-0.25, -0.2) is 0 Å². The summed E-state index contributed by atoms with van der Waals surface area (Å²) in [6.45, 7) is 13.0. The molecule has 0 amide bonds. The first-order chi connectivity index (χ1) is 18.9. The van der Waals surface area contributed by atoms with Crippen LogP contribution >= 0.6 is 0 Å². The van der Waals surface area contributed by atoms with Gasteiger partial charge in [-0.05, 0) is 10.8 Å². The van der Waals surface area contributed by atoms with Crippen LogP contribution in [0.5, 0.6) is 34.5 Å². The smallest absolute Gasteiger partial charge is 0.135 e. The molecular weight excluding hydrogens is 512 g/mol. The average molecular weight is 559 g/mol. The maximum atomic E-state index is 10.3. The maximum Gasteiger partial charge on any atom is 0.135 e. The molecule has 0 aromatic heterocycles. The van der Waals surface area contributed by atoms with Gasteiger partial charge in [-0.3, -0.25) is 9.98 Å². The lowest BCUT2D eigenvalue weighted by atomic mass is 9.93. The summed E-state index contributed by atoms with van der Waals surface area (Å²) < 4.78 is 21.1. The maximum absolute atomic E-state index is 10.3. The molecule has 0 atom stereocenters. The number of benzene rings is 2. The summed E-state index contributed by atoms with van der Waals surface area (Å²) in [6, 6.07) is 6.52. The van der Waals surface area contributed by atoms with E-state index in [4.69, 9.17) is 18.9 Å². The van der Waals surface area contributed by atoms with E-state index in [2.05, 4.69) is 48.3 Å². The third-order valence-corrected chi connectivity index (χ3v) is 6.26. The van der Waals surface area contributed by atoms with Gasteiger partial charge in [-0.1, -0.05) is 27.7 Å². The Kier molecular flexibility index (Phi) is 12.5. The highest BCUT2D eigenvalue weighted by Gasteiger charge is 2.19. The number of rotatable bonds is 17. The van der Waals surface area contributed by atoms with E-state index in [0.717, 1.165) is 26.2 Å². The average Bonchev–Trinajstić information content (AvgIpc) is 2.91. The summed E-state index contributed by atoms with van der Waals surface area (Å²) >= 11 is 0. The fraction of sp³-hybridized carbons (Fsp3) is 0.533. The fourth-order valence-corrected chi connectivity index (χ4v) is 3.92. The van der Waals surface area contributed by atoms with E-state index in [1.807, 2.05) is 0 Å². The molecule has 0 aliphatic rings. The molecule has 0 aliphatic heterocycles.